The third kappa shape index (κ3) is 2.71. The summed E-state index contributed by atoms with van der Waals surface area (Å²) in [7, 11) is 0. The normalized spacial score (nSPS) is 17.6. The molecule has 6 nitrogen and oxygen atoms in total. The second-order valence-electron chi connectivity index (χ2n) is 6.92. The van der Waals surface area contributed by atoms with E-state index in [0.717, 1.165) is 30.7 Å². The van der Waals surface area contributed by atoms with Crippen molar-refractivity contribution < 1.29 is 4.79 Å². The zero-order chi connectivity index (χ0) is 18.3. The van der Waals surface area contributed by atoms with Gasteiger partial charge in [0.2, 0.25) is 0 Å². The van der Waals surface area contributed by atoms with Crippen molar-refractivity contribution in [1.29, 1.82) is 0 Å². The van der Waals surface area contributed by atoms with Gasteiger partial charge >= 0.3 is 0 Å². The molecule has 0 unspecified atom stereocenters. The van der Waals surface area contributed by atoms with Crippen LogP contribution in [0.1, 0.15) is 52.6 Å². The fourth-order valence-electron chi connectivity index (χ4n) is 3.64. The van der Waals surface area contributed by atoms with Crippen LogP contribution in [0.15, 0.2) is 41.2 Å². The van der Waals surface area contributed by atoms with Crippen LogP contribution in [-0.2, 0) is 0 Å². The molecule has 1 amide bonds. The minimum absolute atomic E-state index is 0.0195. The molecule has 1 aliphatic heterocycles. The number of nitrogens with one attached hydrogen (secondary N) is 1. The Kier molecular flexibility index (Phi) is 4.11. The van der Waals surface area contributed by atoms with E-state index in [0.29, 0.717) is 23.3 Å². The van der Waals surface area contributed by atoms with Gasteiger partial charge in [0.05, 0.1) is 11.7 Å². The summed E-state index contributed by atoms with van der Waals surface area (Å²) in [5, 5.41) is 4.54. The van der Waals surface area contributed by atoms with Crippen LogP contribution in [0.2, 0.25) is 0 Å². The Morgan fingerprint density at radius 2 is 1.96 bits per heavy atom. The molecular formula is C20H22N4O2. The Hall–Kier alpha value is -2.89. The first-order valence-electron chi connectivity index (χ1n) is 9.01. The number of aromatic amines is 1. The molecule has 1 atom stereocenters. The summed E-state index contributed by atoms with van der Waals surface area (Å²) in [6.45, 7) is 4.38. The number of hydrogen-bond donors (Lipinski definition) is 1. The SMILES string of the molecule is Cc1[nH]c2cc([C@@H]3CCCCN3C(=O)c3ccccc3)nn2c(=O)c1C. The minimum atomic E-state index is -0.112. The first-order chi connectivity index (χ1) is 12.6. The van der Waals surface area contributed by atoms with Gasteiger partial charge in [0.1, 0.15) is 5.65 Å². The number of rotatable bonds is 2. The number of amides is 1. The molecule has 0 saturated carbocycles. The molecule has 1 saturated heterocycles. The summed E-state index contributed by atoms with van der Waals surface area (Å²) >= 11 is 0. The second kappa shape index (κ2) is 6.44. The average molecular weight is 350 g/mol. The first kappa shape index (κ1) is 16.6. The zero-order valence-corrected chi connectivity index (χ0v) is 15.0. The number of likely N-dealkylation sites (tertiary alicyclic amines) is 1. The maximum atomic E-state index is 13.0. The van der Waals surface area contributed by atoms with Crippen LogP contribution in [0.3, 0.4) is 0 Å². The van der Waals surface area contributed by atoms with E-state index in [1.165, 1.54) is 4.52 Å². The number of carbonyl (C=O) groups excluding carboxylic acids is 1. The lowest BCUT2D eigenvalue weighted by atomic mass is 9.98. The standard InChI is InChI=1S/C20H22N4O2/c1-13-14(2)21-18-12-16(22-24(18)19(13)25)17-10-6-7-11-23(17)20(26)15-8-4-3-5-9-15/h3-5,8-9,12,17,21H,6-7,10-11H2,1-2H3/t17-/m0/s1. The van der Waals surface area contributed by atoms with E-state index in [-0.39, 0.29) is 17.5 Å². The largest absolute Gasteiger partial charge is 0.343 e. The fraction of sp³-hybridized carbons (Fsp3) is 0.350. The highest BCUT2D eigenvalue weighted by atomic mass is 16.2. The number of carbonyl (C=O) groups is 1. The maximum Gasteiger partial charge on any atom is 0.277 e. The van der Waals surface area contributed by atoms with Gasteiger partial charge in [-0.1, -0.05) is 18.2 Å². The molecule has 0 bridgehead atoms. The average Bonchev–Trinajstić information content (AvgIpc) is 3.10. The van der Waals surface area contributed by atoms with Crippen LogP contribution in [-0.4, -0.2) is 31.9 Å². The molecule has 0 radical (unpaired) electrons. The topological polar surface area (TPSA) is 70.5 Å². The maximum absolute atomic E-state index is 13.0. The van der Waals surface area contributed by atoms with E-state index >= 15 is 0 Å². The van der Waals surface area contributed by atoms with Crippen molar-refractivity contribution in [2.45, 2.75) is 39.2 Å². The van der Waals surface area contributed by atoms with Crippen molar-refractivity contribution in [3.8, 4) is 0 Å². The monoisotopic (exact) mass is 350 g/mol. The highest BCUT2D eigenvalue weighted by Gasteiger charge is 2.30. The summed E-state index contributed by atoms with van der Waals surface area (Å²) in [5.74, 6) is 0.0195. The van der Waals surface area contributed by atoms with Gasteiger partial charge in [-0.2, -0.15) is 9.61 Å². The quantitative estimate of drug-likeness (QED) is 0.772. The van der Waals surface area contributed by atoms with E-state index in [1.54, 1.807) is 6.92 Å². The molecule has 3 heterocycles. The van der Waals surface area contributed by atoms with Gasteiger partial charge in [0.25, 0.3) is 11.5 Å². The van der Waals surface area contributed by atoms with Gasteiger partial charge in [-0.25, -0.2) is 0 Å². The van der Waals surface area contributed by atoms with Crippen LogP contribution >= 0.6 is 0 Å². The van der Waals surface area contributed by atoms with Crippen molar-refractivity contribution in [3.63, 3.8) is 0 Å². The van der Waals surface area contributed by atoms with Crippen molar-refractivity contribution in [3.05, 3.63) is 69.3 Å². The summed E-state index contributed by atoms with van der Waals surface area (Å²) in [4.78, 5) is 30.6. The van der Waals surface area contributed by atoms with Gasteiger partial charge in [0.15, 0.2) is 0 Å². The smallest absolute Gasteiger partial charge is 0.277 e. The lowest BCUT2D eigenvalue weighted by molar-refractivity contribution is 0.0605. The second-order valence-corrected chi connectivity index (χ2v) is 6.92. The fourth-order valence-corrected chi connectivity index (χ4v) is 3.64. The van der Waals surface area contributed by atoms with Gasteiger partial charge in [-0.05, 0) is 45.2 Å². The first-order valence-corrected chi connectivity index (χ1v) is 9.01. The molecule has 26 heavy (non-hydrogen) atoms. The Labute approximate surface area is 151 Å². The van der Waals surface area contributed by atoms with Crippen molar-refractivity contribution in [2.24, 2.45) is 0 Å². The minimum Gasteiger partial charge on any atom is -0.343 e. The molecule has 4 rings (SSSR count). The van der Waals surface area contributed by atoms with Crippen molar-refractivity contribution in [1.82, 2.24) is 19.5 Å². The van der Waals surface area contributed by atoms with Crippen LogP contribution < -0.4 is 5.56 Å². The number of piperidine rings is 1. The molecule has 1 fully saturated rings. The number of hydrogen-bond acceptors (Lipinski definition) is 3. The molecule has 1 N–H and O–H groups in total. The Morgan fingerprint density at radius 1 is 1.19 bits per heavy atom. The third-order valence-corrected chi connectivity index (χ3v) is 5.25. The van der Waals surface area contributed by atoms with Gasteiger partial charge < -0.3 is 9.88 Å². The van der Waals surface area contributed by atoms with Crippen LogP contribution in [0.4, 0.5) is 0 Å². The van der Waals surface area contributed by atoms with Crippen molar-refractivity contribution >= 4 is 11.6 Å². The van der Waals surface area contributed by atoms with Crippen molar-refractivity contribution in [2.75, 3.05) is 6.54 Å². The van der Waals surface area contributed by atoms with E-state index in [4.69, 9.17) is 0 Å². The van der Waals surface area contributed by atoms with Gasteiger partial charge in [0, 0.05) is 29.4 Å². The molecule has 134 valence electrons. The number of aryl methyl sites for hydroxylation is 1. The third-order valence-electron chi connectivity index (χ3n) is 5.25. The molecule has 1 aliphatic rings. The van der Waals surface area contributed by atoms with Crippen LogP contribution in [0, 0.1) is 13.8 Å². The molecule has 0 spiro atoms. The molecule has 1 aromatic carbocycles. The molecule has 6 heteroatoms. The molecular weight excluding hydrogens is 328 g/mol. The van der Waals surface area contributed by atoms with E-state index in [1.807, 2.05) is 48.2 Å². The summed E-state index contributed by atoms with van der Waals surface area (Å²) in [6.07, 6.45) is 2.89. The molecule has 3 aromatic rings. The zero-order valence-electron chi connectivity index (χ0n) is 15.0. The molecule has 2 aromatic heterocycles. The van der Waals surface area contributed by atoms with E-state index in [9.17, 15) is 9.59 Å². The predicted octanol–water partition coefficient (Wildman–Crippen LogP) is 3.01. The Bertz CT molecular complexity index is 1020. The Balaban J connectivity index is 1.75. The van der Waals surface area contributed by atoms with Crippen LogP contribution in [0.5, 0.6) is 0 Å². The lowest BCUT2D eigenvalue weighted by Crippen LogP contribution is -2.38. The van der Waals surface area contributed by atoms with Gasteiger partial charge in [-0.3, -0.25) is 9.59 Å². The molecule has 0 aliphatic carbocycles. The Morgan fingerprint density at radius 3 is 2.73 bits per heavy atom. The van der Waals surface area contributed by atoms with E-state index in [2.05, 4.69) is 10.1 Å². The number of H-pyrrole nitrogens is 1. The lowest BCUT2D eigenvalue weighted by Gasteiger charge is -2.34. The number of nitrogens with zero attached hydrogens (tertiary/aromatic N) is 3. The van der Waals surface area contributed by atoms with Gasteiger partial charge in [-0.15, -0.1) is 0 Å². The summed E-state index contributed by atoms with van der Waals surface area (Å²) < 4.78 is 1.41. The number of benzene rings is 1. The predicted molar refractivity (Wildman–Crippen MR) is 99.4 cm³/mol. The number of fused-ring (bicyclic) bond motifs is 1. The van der Waals surface area contributed by atoms with Crippen LogP contribution in [0.25, 0.3) is 5.65 Å². The van der Waals surface area contributed by atoms with E-state index < -0.39 is 0 Å². The summed E-state index contributed by atoms with van der Waals surface area (Å²) in [6, 6.07) is 11.1. The number of aromatic nitrogens is 3. The summed E-state index contributed by atoms with van der Waals surface area (Å²) in [5.41, 5.74) is 3.52. The highest BCUT2D eigenvalue weighted by Crippen LogP contribution is 2.31. The highest BCUT2D eigenvalue weighted by molar-refractivity contribution is 5.94.